The van der Waals surface area contributed by atoms with E-state index >= 15 is 0 Å². The Morgan fingerprint density at radius 3 is 2.18 bits per heavy atom. The molecule has 144 valence electrons. The van der Waals surface area contributed by atoms with E-state index in [0.29, 0.717) is 22.7 Å². The fourth-order valence-corrected chi connectivity index (χ4v) is 2.98. The van der Waals surface area contributed by atoms with E-state index in [2.05, 4.69) is 5.10 Å². The van der Waals surface area contributed by atoms with Crippen LogP contribution >= 0.6 is 0 Å². The maximum atomic E-state index is 12.6. The molecule has 0 aliphatic heterocycles. The van der Waals surface area contributed by atoms with E-state index in [1.54, 1.807) is 31.4 Å². The lowest BCUT2D eigenvalue weighted by Gasteiger charge is -2.07. The van der Waals surface area contributed by atoms with Crippen LogP contribution in [0.25, 0.3) is 16.9 Å². The van der Waals surface area contributed by atoms with Crippen LogP contribution in [-0.4, -0.2) is 43.0 Å². The van der Waals surface area contributed by atoms with Crippen molar-refractivity contribution in [2.75, 3.05) is 21.3 Å². The summed E-state index contributed by atoms with van der Waals surface area (Å²) in [4.78, 5) is 25.1. The lowest BCUT2D eigenvalue weighted by Crippen LogP contribution is -2.15. The Balaban J connectivity index is 2.33. The Bertz CT molecular complexity index is 1020. The van der Waals surface area contributed by atoms with E-state index < -0.39 is 11.9 Å². The van der Waals surface area contributed by atoms with E-state index in [-0.39, 0.29) is 11.3 Å². The minimum absolute atomic E-state index is 0.00372. The summed E-state index contributed by atoms with van der Waals surface area (Å²) in [7, 11) is 4.09. The molecule has 0 N–H and O–H groups in total. The third-order valence-corrected chi connectivity index (χ3v) is 4.32. The van der Waals surface area contributed by atoms with Crippen LogP contribution in [0.2, 0.25) is 0 Å². The van der Waals surface area contributed by atoms with Gasteiger partial charge >= 0.3 is 11.9 Å². The number of nitrogens with zero attached hydrogens (tertiary/aromatic N) is 2. The van der Waals surface area contributed by atoms with Gasteiger partial charge in [-0.15, -0.1) is 0 Å². The van der Waals surface area contributed by atoms with Gasteiger partial charge in [-0.3, -0.25) is 0 Å². The number of hydrogen-bond acceptors (Lipinski definition) is 6. The molecule has 0 fully saturated rings. The molecule has 3 aromatic rings. The van der Waals surface area contributed by atoms with E-state index in [0.717, 1.165) is 5.56 Å². The van der Waals surface area contributed by atoms with Crippen LogP contribution in [0.1, 0.15) is 26.4 Å². The Kier molecular flexibility index (Phi) is 5.44. The van der Waals surface area contributed by atoms with Gasteiger partial charge in [-0.05, 0) is 42.8 Å². The maximum absolute atomic E-state index is 12.6. The number of rotatable bonds is 5. The second-order valence-electron chi connectivity index (χ2n) is 5.99. The van der Waals surface area contributed by atoms with Crippen LogP contribution in [0, 0.1) is 6.92 Å². The molecule has 0 unspecified atom stereocenters. The lowest BCUT2D eigenvalue weighted by molar-refractivity contribution is 0.0549. The van der Waals surface area contributed by atoms with Crippen LogP contribution in [-0.2, 0) is 9.47 Å². The molecule has 7 nitrogen and oxygen atoms in total. The zero-order valence-corrected chi connectivity index (χ0v) is 16.1. The molecule has 0 atom stereocenters. The van der Waals surface area contributed by atoms with E-state index in [1.807, 2.05) is 31.2 Å². The summed E-state index contributed by atoms with van der Waals surface area (Å²) in [5.41, 5.74) is 2.50. The quantitative estimate of drug-likeness (QED) is 0.631. The van der Waals surface area contributed by atoms with Gasteiger partial charge in [-0.1, -0.05) is 18.2 Å². The Morgan fingerprint density at radius 1 is 0.929 bits per heavy atom. The maximum Gasteiger partial charge on any atom is 0.357 e. The molecule has 3 rings (SSSR count). The Morgan fingerprint density at radius 2 is 1.61 bits per heavy atom. The molecule has 0 spiro atoms. The topological polar surface area (TPSA) is 79.7 Å². The number of carbonyl (C=O) groups excluding carboxylic acids is 2. The van der Waals surface area contributed by atoms with Crippen LogP contribution in [0.4, 0.5) is 0 Å². The van der Waals surface area contributed by atoms with E-state index in [1.165, 1.54) is 18.9 Å². The zero-order valence-electron chi connectivity index (χ0n) is 16.1. The predicted molar refractivity (Wildman–Crippen MR) is 103 cm³/mol. The summed E-state index contributed by atoms with van der Waals surface area (Å²) in [5.74, 6) is -0.654. The van der Waals surface area contributed by atoms with Gasteiger partial charge in [0.05, 0.1) is 27.0 Å². The standard InChI is InChI=1S/C21H20N2O5/c1-13-12-14(10-11-16(13)26-2)18-17(20(24)27-3)19(21(25)28-4)23(22-18)15-8-6-5-7-9-15/h5-12H,1-4H3. The first-order chi connectivity index (χ1) is 13.5. The summed E-state index contributed by atoms with van der Waals surface area (Å²) < 4.78 is 16.5. The summed E-state index contributed by atoms with van der Waals surface area (Å²) >= 11 is 0. The first-order valence-corrected chi connectivity index (χ1v) is 8.51. The first-order valence-electron chi connectivity index (χ1n) is 8.51. The van der Waals surface area contributed by atoms with Gasteiger partial charge < -0.3 is 14.2 Å². The molecule has 7 heteroatoms. The highest BCUT2D eigenvalue weighted by Crippen LogP contribution is 2.31. The fraction of sp³-hybridized carbons (Fsp3) is 0.190. The van der Waals surface area contributed by atoms with Gasteiger partial charge in [0.25, 0.3) is 0 Å². The second-order valence-corrected chi connectivity index (χ2v) is 5.99. The lowest BCUT2D eigenvalue weighted by atomic mass is 10.0. The van der Waals surface area contributed by atoms with Gasteiger partial charge in [-0.25, -0.2) is 14.3 Å². The zero-order chi connectivity index (χ0) is 20.3. The molecule has 2 aromatic carbocycles. The monoisotopic (exact) mass is 380 g/mol. The minimum atomic E-state index is -0.687. The summed E-state index contributed by atoms with van der Waals surface area (Å²) in [6.45, 7) is 1.88. The van der Waals surface area contributed by atoms with Crippen molar-refractivity contribution < 1.29 is 23.8 Å². The predicted octanol–water partition coefficient (Wildman–Crippen LogP) is 3.43. The number of benzene rings is 2. The van der Waals surface area contributed by atoms with Crippen LogP contribution in [0.15, 0.2) is 48.5 Å². The van der Waals surface area contributed by atoms with Crippen molar-refractivity contribution in [2.45, 2.75) is 6.92 Å². The SMILES string of the molecule is COC(=O)c1c(-c2ccc(OC)c(C)c2)nn(-c2ccccc2)c1C(=O)OC. The molecule has 0 amide bonds. The molecule has 1 heterocycles. The van der Waals surface area contributed by atoms with Gasteiger partial charge in [-0.2, -0.15) is 5.10 Å². The van der Waals surface area contributed by atoms with Crippen molar-refractivity contribution in [3.8, 4) is 22.7 Å². The highest BCUT2D eigenvalue weighted by Gasteiger charge is 2.31. The normalized spacial score (nSPS) is 10.4. The van der Waals surface area contributed by atoms with Crippen molar-refractivity contribution in [1.29, 1.82) is 0 Å². The number of aromatic nitrogens is 2. The number of esters is 2. The molecule has 0 saturated carbocycles. The number of ether oxygens (including phenoxy) is 3. The molecule has 1 aromatic heterocycles. The van der Waals surface area contributed by atoms with E-state index in [9.17, 15) is 9.59 Å². The third kappa shape index (κ3) is 3.34. The first kappa shape index (κ1) is 19.2. The molecular weight excluding hydrogens is 360 g/mol. The summed E-state index contributed by atoms with van der Waals surface area (Å²) in [6, 6.07) is 14.4. The van der Waals surface area contributed by atoms with Gasteiger partial charge in [0.15, 0.2) is 5.69 Å². The van der Waals surface area contributed by atoms with Gasteiger partial charge in [0, 0.05) is 5.56 Å². The highest BCUT2D eigenvalue weighted by molar-refractivity contribution is 6.06. The molecule has 0 saturated heterocycles. The van der Waals surface area contributed by atoms with Crippen molar-refractivity contribution in [1.82, 2.24) is 9.78 Å². The third-order valence-electron chi connectivity index (χ3n) is 4.32. The number of carbonyl (C=O) groups is 2. The molecule has 0 radical (unpaired) electrons. The smallest absolute Gasteiger partial charge is 0.357 e. The fourth-order valence-electron chi connectivity index (χ4n) is 2.98. The molecule has 0 bridgehead atoms. The van der Waals surface area contributed by atoms with Crippen molar-refractivity contribution >= 4 is 11.9 Å². The molecule has 0 aliphatic rings. The molecule has 0 aliphatic carbocycles. The van der Waals surface area contributed by atoms with Gasteiger partial charge in [0.2, 0.25) is 0 Å². The number of methoxy groups -OCH3 is 3. The second kappa shape index (κ2) is 7.96. The Labute approximate surface area is 162 Å². The average Bonchev–Trinajstić information content (AvgIpc) is 3.13. The minimum Gasteiger partial charge on any atom is -0.496 e. The van der Waals surface area contributed by atoms with Crippen molar-refractivity contribution in [2.24, 2.45) is 0 Å². The average molecular weight is 380 g/mol. The van der Waals surface area contributed by atoms with Crippen molar-refractivity contribution in [3.05, 3.63) is 65.4 Å². The number of para-hydroxylation sites is 1. The largest absolute Gasteiger partial charge is 0.496 e. The van der Waals surface area contributed by atoms with Crippen molar-refractivity contribution in [3.63, 3.8) is 0 Å². The highest BCUT2D eigenvalue weighted by atomic mass is 16.5. The van der Waals surface area contributed by atoms with E-state index in [4.69, 9.17) is 14.2 Å². The number of hydrogen-bond donors (Lipinski definition) is 0. The van der Waals surface area contributed by atoms with Crippen LogP contribution in [0.3, 0.4) is 0 Å². The molecular formula is C21H20N2O5. The molecule has 28 heavy (non-hydrogen) atoms. The van der Waals surface area contributed by atoms with Crippen LogP contribution in [0.5, 0.6) is 5.75 Å². The summed E-state index contributed by atoms with van der Waals surface area (Å²) in [5, 5.41) is 4.56. The van der Waals surface area contributed by atoms with Crippen LogP contribution < -0.4 is 4.74 Å². The number of aryl methyl sites for hydroxylation is 1. The van der Waals surface area contributed by atoms with Gasteiger partial charge in [0.1, 0.15) is 17.0 Å². The Hall–Kier alpha value is -3.61. The summed E-state index contributed by atoms with van der Waals surface area (Å²) in [6.07, 6.45) is 0.